The lowest BCUT2D eigenvalue weighted by Gasteiger charge is -2.37. The number of benzene rings is 1. The molecule has 0 atom stereocenters. The smallest absolute Gasteiger partial charge is 0.289 e. The third-order valence-electron chi connectivity index (χ3n) is 4.16. The summed E-state index contributed by atoms with van der Waals surface area (Å²) in [6.07, 6.45) is 1.50. The lowest BCUT2D eigenvalue weighted by molar-refractivity contribution is -0.387. The molecule has 1 aliphatic rings. The minimum absolute atomic E-state index is 0.120. The van der Waals surface area contributed by atoms with Crippen molar-refractivity contribution >= 4 is 27.3 Å². The second-order valence-electron chi connectivity index (χ2n) is 5.88. The Morgan fingerprint density at radius 1 is 1.42 bits per heavy atom. The van der Waals surface area contributed by atoms with Crippen LogP contribution >= 0.6 is 11.6 Å². The van der Waals surface area contributed by atoms with Crippen molar-refractivity contribution in [3.05, 3.63) is 33.3 Å². The maximum absolute atomic E-state index is 12.6. The summed E-state index contributed by atoms with van der Waals surface area (Å²) in [4.78, 5) is 9.93. The van der Waals surface area contributed by atoms with E-state index in [0.29, 0.717) is 6.61 Å². The van der Waals surface area contributed by atoms with Crippen LogP contribution in [0.2, 0.25) is 5.02 Å². The zero-order chi connectivity index (χ0) is 17.8. The second kappa shape index (κ2) is 7.75. The van der Waals surface area contributed by atoms with Gasteiger partial charge in [-0.1, -0.05) is 11.6 Å². The molecule has 1 aliphatic heterocycles. The van der Waals surface area contributed by atoms with Crippen molar-refractivity contribution in [3.63, 3.8) is 0 Å². The Kier molecular flexibility index (Phi) is 6.16. The van der Waals surface area contributed by atoms with Gasteiger partial charge in [0.2, 0.25) is 10.0 Å². The molecule has 2 rings (SSSR count). The van der Waals surface area contributed by atoms with E-state index in [1.165, 1.54) is 6.07 Å². The van der Waals surface area contributed by atoms with Crippen LogP contribution in [0.15, 0.2) is 23.1 Å². The third-order valence-corrected chi connectivity index (χ3v) is 5.83. The van der Waals surface area contributed by atoms with Crippen LogP contribution in [-0.4, -0.2) is 46.7 Å². The number of nitro benzene ring substituents is 1. The summed E-state index contributed by atoms with van der Waals surface area (Å²) in [6, 6.07) is 3.47. The summed E-state index contributed by atoms with van der Waals surface area (Å²) in [7, 11) is -2.50. The van der Waals surface area contributed by atoms with Gasteiger partial charge < -0.3 is 10.1 Å². The number of ether oxygens (including phenoxy) is 1. The van der Waals surface area contributed by atoms with Gasteiger partial charge in [-0.15, -0.1) is 0 Å². The van der Waals surface area contributed by atoms with Gasteiger partial charge in [0.1, 0.15) is 0 Å². The molecule has 1 heterocycles. The summed E-state index contributed by atoms with van der Waals surface area (Å²) >= 11 is 5.81. The molecule has 0 spiro atoms. The van der Waals surface area contributed by atoms with E-state index < -0.39 is 25.5 Å². The van der Waals surface area contributed by atoms with Gasteiger partial charge in [-0.2, -0.15) is 0 Å². The van der Waals surface area contributed by atoms with Crippen LogP contribution in [0, 0.1) is 15.5 Å². The van der Waals surface area contributed by atoms with E-state index in [-0.39, 0.29) is 17.0 Å². The number of nitro groups is 1. The third kappa shape index (κ3) is 4.42. The molecule has 24 heavy (non-hydrogen) atoms. The molecule has 1 fully saturated rings. The zero-order valence-corrected chi connectivity index (χ0v) is 14.8. The molecule has 0 radical (unpaired) electrons. The number of nitrogens with one attached hydrogen (secondary N) is 2. The Balaban J connectivity index is 2.25. The second-order valence-corrected chi connectivity index (χ2v) is 8.05. The van der Waals surface area contributed by atoms with Crippen LogP contribution in [0.3, 0.4) is 0 Å². The fourth-order valence-corrected chi connectivity index (χ4v) is 4.40. The highest BCUT2D eigenvalue weighted by Gasteiger charge is 2.35. The van der Waals surface area contributed by atoms with Gasteiger partial charge in [-0.05, 0) is 38.1 Å². The number of halogens is 1. The molecular formula is C14H20ClN3O5S. The lowest BCUT2D eigenvalue weighted by Crippen LogP contribution is -2.47. The maximum atomic E-state index is 12.6. The summed E-state index contributed by atoms with van der Waals surface area (Å²) in [5.41, 5.74) is -0.835. The zero-order valence-electron chi connectivity index (χ0n) is 13.2. The average molecular weight is 378 g/mol. The first kappa shape index (κ1) is 19.1. The fourth-order valence-electron chi connectivity index (χ4n) is 2.82. The number of nitrogens with zero attached hydrogens (tertiary/aromatic N) is 1. The highest BCUT2D eigenvalue weighted by molar-refractivity contribution is 7.89. The number of methoxy groups -OCH3 is 1. The van der Waals surface area contributed by atoms with Gasteiger partial charge >= 0.3 is 0 Å². The standard InChI is InChI=1S/C14H20ClN3O5S/c1-23-10-14(4-6-16-7-5-14)9-17-24(21,22)13-8-11(15)2-3-12(13)18(19)20/h2-3,8,16-17H,4-7,9-10H2,1H3. The summed E-state index contributed by atoms with van der Waals surface area (Å²) in [5, 5.41) is 14.4. The SMILES string of the molecule is COCC1(CNS(=O)(=O)c2cc(Cl)ccc2[N+](=O)[O-])CCNCC1. The van der Waals surface area contributed by atoms with E-state index >= 15 is 0 Å². The van der Waals surface area contributed by atoms with E-state index in [1.807, 2.05) is 0 Å². The largest absolute Gasteiger partial charge is 0.384 e. The Morgan fingerprint density at radius 3 is 2.67 bits per heavy atom. The molecule has 1 aromatic rings. The normalized spacial score (nSPS) is 17.6. The number of sulfonamides is 1. The first-order chi connectivity index (χ1) is 11.3. The van der Waals surface area contributed by atoms with Gasteiger partial charge in [-0.3, -0.25) is 10.1 Å². The first-order valence-electron chi connectivity index (χ1n) is 7.43. The number of rotatable bonds is 7. The number of hydrogen-bond acceptors (Lipinski definition) is 6. The van der Waals surface area contributed by atoms with Crippen molar-refractivity contribution in [3.8, 4) is 0 Å². The Bertz CT molecular complexity index is 699. The van der Waals surface area contributed by atoms with E-state index in [9.17, 15) is 18.5 Å². The molecule has 2 N–H and O–H groups in total. The van der Waals surface area contributed by atoms with Crippen molar-refractivity contribution < 1.29 is 18.1 Å². The fraction of sp³-hybridized carbons (Fsp3) is 0.571. The predicted octanol–water partition coefficient (Wildman–Crippen LogP) is 1.54. The van der Waals surface area contributed by atoms with Crippen molar-refractivity contribution in [2.75, 3.05) is 33.4 Å². The summed E-state index contributed by atoms with van der Waals surface area (Å²) in [6.45, 7) is 2.09. The molecule has 0 bridgehead atoms. The summed E-state index contributed by atoms with van der Waals surface area (Å²) < 4.78 is 32.9. The Labute approximate surface area is 145 Å². The molecule has 0 amide bonds. The van der Waals surface area contributed by atoms with E-state index in [1.54, 1.807) is 7.11 Å². The molecule has 0 aliphatic carbocycles. The summed E-state index contributed by atoms with van der Waals surface area (Å²) in [5.74, 6) is 0. The van der Waals surface area contributed by atoms with E-state index in [0.717, 1.165) is 38.1 Å². The van der Waals surface area contributed by atoms with Crippen LogP contribution in [0.5, 0.6) is 0 Å². The minimum atomic E-state index is -4.07. The molecule has 134 valence electrons. The monoisotopic (exact) mass is 377 g/mol. The Morgan fingerprint density at radius 2 is 2.08 bits per heavy atom. The van der Waals surface area contributed by atoms with Gasteiger partial charge in [0, 0.05) is 30.2 Å². The van der Waals surface area contributed by atoms with Crippen molar-refractivity contribution in [2.45, 2.75) is 17.7 Å². The van der Waals surface area contributed by atoms with Crippen LogP contribution in [-0.2, 0) is 14.8 Å². The molecule has 0 aromatic heterocycles. The topological polar surface area (TPSA) is 111 Å². The van der Waals surface area contributed by atoms with E-state index in [2.05, 4.69) is 10.0 Å². The van der Waals surface area contributed by atoms with Crippen molar-refractivity contribution in [2.24, 2.45) is 5.41 Å². The van der Waals surface area contributed by atoms with E-state index in [4.69, 9.17) is 16.3 Å². The molecule has 8 nitrogen and oxygen atoms in total. The number of hydrogen-bond donors (Lipinski definition) is 2. The Hall–Kier alpha value is -1.26. The van der Waals surface area contributed by atoms with Crippen LogP contribution in [0.4, 0.5) is 5.69 Å². The van der Waals surface area contributed by atoms with Crippen LogP contribution in [0.1, 0.15) is 12.8 Å². The highest BCUT2D eigenvalue weighted by Crippen LogP contribution is 2.31. The van der Waals surface area contributed by atoms with Gasteiger partial charge in [0.25, 0.3) is 5.69 Å². The van der Waals surface area contributed by atoms with Crippen molar-refractivity contribution in [1.29, 1.82) is 0 Å². The van der Waals surface area contributed by atoms with Gasteiger partial charge in [0.15, 0.2) is 4.90 Å². The first-order valence-corrected chi connectivity index (χ1v) is 9.29. The van der Waals surface area contributed by atoms with Crippen molar-refractivity contribution in [1.82, 2.24) is 10.0 Å². The molecular weight excluding hydrogens is 358 g/mol. The van der Waals surface area contributed by atoms with Crippen LogP contribution in [0.25, 0.3) is 0 Å². The van der Waals surface area contributed by atoms with Crippen LogP contribution < -0.4 is 10.0 Å². The average Bonchev–Trinajstić information content (AvgIpc) is 2.54. The predicted molar refractivity (Wildman–Crippen MR) is 89.7 cm³/mol. The lowest BCUT2D eigenvalue weighted by atomic mass is 9.80. The minimum Gasteiger partial charge on any atom is -0.384 e. The highest BCUT2D eigenvalue weighted by atomic mass is 35.5. The molecule has 10 heteroatoms. The van der Waals surface area contributed by atoms with Gasteiger partial charge in [0.05, 0.1) is 11.5 Å². The molecule has 1 aromatic carbocycles. The molecule has 1 saturated heterocycles. The maximum Gasteiger partial charge on any atom is 0.289 e. The quantitative estimate of drug-likeness (QED) is 0.551. The molecule has 0 unspecified atom stereocenters. The molecule has 0 saturated carbocycles. The van der Waals surface area contributed by atoms with Gasteiger partial charge in [-0.25, -0.2) is 13.1 Å². The number of piperidine rings is 1.